The number of ether oxygens (including phenoxy) is 3. The average Bonchev–Trinajstić information content (AvgIpc) is 2.33. The van der Waals surface area contributed by atoms with Gasteiger partial charge in [0.2, 0.25) is 0 Å². The Morgan fingerprint density at radius 1 is 1.25 bits per heavy atom. The average molecular weight is 285 g/mol. The molecule has 0 fully saturated rings. The molecule has 1 aromatic rings. The molecule has 86 valence electrons. The fourth-order valence-corrected chi connectivity index (χ4v) is 1.45. The van der Waals surface area contributed by atoms with Crippen molar-refractivity contribution in [1.82, 2.24) is 0 Å². The van der Waals surface area contributed by atoms with Gasteiger partial charge in [-0.05, 0) is 17.7 Å². The van der Waals surface area contributed by atoms with Gasteiger partial charge in [0.25, 0.3) is 0 Å². The number of rotatable bonds is 6. The number of benzene rings is 1. The number of terminal acetylenes is 1. The molecule has 1 rings (SSSR count). The van der Waals surface area contributed by atoms with Crippen LogP contribution in [0.5, 0.6) is 11.5 Å². The number of halogens is 1. The van der Waals surface area contributed by atoms with Crippen molar-refractivity contribution in [2.45, 2.75) is 5.33 Å². The summed E-state index contributed by atoms with van der Waals surface area (Å²) in [5.74, 6) is 3.81. The zero-order chi connectivity index (χ0) is 11.8. The zero-order valence-electron chi connectivity index (χ0n) is 9.03. The summed E-state index contributed by atoms with van der Waals surface area (Å²) in [7, 11) is 1.57. The number of alkyl halides is 1. The van der Waals surface area contributed by atoms with Gasteiger partial charge in [-0.25, -0.2) is 0 Å². The topological polar surface area (TPSA) is 27.7 Å². The Hall–Kier alpha value is -1.18. The Balaban J connectivity index is 2.79. The highest BCUT2D eigenvalue weighted by atomic mass is 79.9. The van der Waals surface area contributed by atoms with Crippen molar-refractivity contribution in [3.63, 3.8) is 0 Å². The summed E-state index contributed by atoms with van der Waals surface area (Å²) in [6.45, 7) is 0.454. The molecule has 0 bridgehead atoms. The molecule has 1 aromatic carbocycles. The van der Waals surface area contributed by atoms with Crippen LogP contribution < -0.4 is 9.47 Å². The molecule has 4 heteroatoms. The van der Waals surface area contributed by atoms with Gasteiger partial charge in [-0.3, -0.25) is 0 Å². The van der Waals surface area contributed by atoms with Crippen molar-refractivity contribution in [2.24, 2.45) is 0 Å². The molecule has 0 aromatic heterocycles. The lowest BCUT2D eigenvalue weighted by Gasteiger charge is -2.09. The third kappa shape index (κ3) is 4.13. The first-order valence-electron chi connectivity index (χ1n) is 4.68. The molecule has 0 N–H and O–H groups in total. The fraction of sp³-hybridized carbons (Fsp3) is 0.333. The van der Waals surface area contributed by atoms with Crippen LogP contribution in [0.1, 0.15) is 5.56 Å². The maximum atomic E-state index is 5.34. The number of hydrogen-bond acceptors (Lipinski definition) is 3. The number of hydrogen-bond donors (Lipinski definition) is 0. The summed E-state index contributed by atoms with van der Waals surface area (Å²) in [4.78, 5) is 0. The Bertz CT molecular complexity index is 371. The molecule has 0 saturated heterocycles. The molecule has 0 aliphatic heterocycles. The van der Waals surface area contributed by atoms with Crippen LogP contribution in [0.3, 0.4) is 0 Å². The summed E-state index contributed by atoms with van der Waals surface area (Å²) < 4.78 is 15.5. The standard InChI is InChI=1S/C12H13BrO3/c1-3-4-15-11-5-10(8-13)6-12(7-11)16-9-14-2/h1,5-7H,4,8-9H2,2H3. The van der Waals surface area contributed by atoms with Gasteiger partial charge in [0.15, 0.2) is 6.79 Å². The lowest BCUT2D eigenvalue weighted by molar-refractivity contribution is 0.0509. The number of methoxy groups -OCH3 is 1. The van der Waals surface area contributed by atoms with Crippen molar-refractivity contribution < 1.29 is 14.2 Å². The van der Waals surface area contributed by atoms with Crippen LogP contribution in [0.15, 0.2) is 18.2 Å². The summed E-state index contributed by atoms with van der Waals surface area (Å²) in [5, 5.41) is 0.726. The minimum atomic E-state index is 0.209. The second kappa shape index (κ2) is 7.15. The molecule has 0 unspecified atom stereocenters. The van der Waals surface area contributed by atoms with Crippen molar-refractivity contribution >= 4 is 15.9 Å². The van der Waals surface area contributed by atoms with Crippen LogP contribution in [0.4, 0.5) is 0 Å². The normalized spacial score (nSPS) is 9.56. The molecule has 0 heterocycles. The van der Waals surface area contributed by atoms with Gasteiger partial charge in [0.1, 0.15) is 18.1 Å². The van der Waals surface area contributed by atoms with Crippen molar-refractivity contribution in [3.8, 4) is 23.8 Å². The lowest BCUT2D eigenvalue weighted by atomic mass is 10.2. The highest BCUT2D eigenvalue weighted by molar-refractivity contribution is 9.08. The molecule has 16 heavy (non-hydrogen) atoms. The minimum absolute atomic E-state index is 0.209. The minimum Gasteiger partial charge on any atom is -0.481 e. The fourth-order valence-electron chi connectivity index (χ4n) is 1.13. The Labute approximate surface area is 104 Å². The third-order valence-corrected chi connectivity index (χ3v) is 2.41. The first-order chi connectivity index (χ1) is 7.80. The summed E-state index contributed by atoms with van der Waals surface area (Å²) >= 11 is 3.38. The molecule has 0 atom stereocenters. The third-order valence-electron chi connectivity index (χ3n) is 1.76. The van der Waals surface area contributed by atoms with E-state index in [1.165, 1.54) is 0 Å². The molecule has 0 aliphatic carbocycles. The molecular formula is C12H13BrO3. The van der Waals surface area contributed by atoms with Gasteiger partial charge in [0, 0.05) is 18.5 Å². The Morgan fingerprint density at radius 3 is 2.50 bits per heavy atom. The predicted octanol–water partition coefficient (Wildman–Crippen LogP) is 2.58. The maximum Gasteiger partial charge on any atom is 0.188 e. The van der Waals surface area contributed by atoms with Crippen LogP contribution >= 0.6 is 15.9 Å². The van der Waals surface area contributed by atoms with E-state index in [2.05, 4.69) is 21.9 Å². The van der Waals surface area contributed by atoms with Crippen LogP contribution in [0.2, 0.25) is 0 Å². The summed E-state index contributed by atoms with van der Waals surface area (Å²) in [6.07, 6.45) is 5.13. The van der Waals surface area contributed by atoms with E-state index in [0.29, 0.717) is 11.5 Å². The van der Waals surface area contributed by atoms with E-state index in [9.17, 15) is 0 Å². The maximum absolute atomic E-state index is 5.34. The molecule has 3 nitrogen and oxygen atoms in total. The molecule has 0 saturated carbocycles. The molecule has 0 radical (unpaired) electrons. The molecular weight excluding hydrogens is 272 g/mol. The zero-order valence-corrected chi connectivity index (χ0v) is 10.6. The van der Waals surface area contributed by atoms with Crippen LogP contribution in [-0.4, -0.2) is 20.5 Å². The van der Waals surface area contributed by atoms with Crippen LogP contribution in [0, 0.1) is 12.3 Å². The second-order valence-corrected chi connectivity index (χ2v) is 3.55. The molecule has 0 aliphatic rings. The Morgan fingerprint density at radius 2 is 1.94 bits per heavy atom. The van der Waals surface area contributed by atoms with Crippen molar-refractivity contribution in [2.75, 3.05) is 20.5 Å². The molecule has 0 amide bonds. The first-order valence-corrected chi connectivity index (χ1v) is 5.80. The van der Waals surface area contributed by atoms with E-state index < -0.39 is 0 Å². The summed E-state index contributed by atoms with van der Waals surface area (Å²) in [5.41, 5.74) is 1.06. The first kappa shape index (κ1) is 12.9. The quantitative estimate of drug-likeness (QED) is 0.457. The van der Waals surface area contributed by atoms with E-state index in [1.807, 2.05) is 12.1 Å². The van der Waals surface area contributed by atoms with Crippen molar-refractivity contribution in [3.05, 3.63) is 23.8 Å². The van der Waals surface area contributed by atoms with Crippen LogP contribution in [0.25, 0.3) is 0 Å². The van der Waals surface area contributed by atoms with Crippen molar-refractivity contribution in [1.29, 1.82) is 0 Å². The van der Waals surface area contributed by atoms with E-state index >= 15 is 0 Å². The van der Waals surface area contributed by atoms with E-state index in [0.717, 1.165) is 10.9 Å². The van der Waals surface area contributed by atoms with Gasteiger partial charge >= 0.3 is 0 Å². The van der Waals surface area contributed by atoms with Gasteiger partial charge in [-0.2, -0.15) is 0 Å². The van der Waals surface area contributed by atoms with E-state index in [4.69, 9.17) is 20.6 Å². The van der Waals surface area contributed by atoms with Gasteiger partial charge < -0.3 is 14.2 Å². The van der Waals surface area contributed by atoms with Gasteiger partial charge in [-0.15, -0.1) is 6.42 Å². The highest BCUT2D eigenvalue weighted by Gasteiger charge is 2.02. The monoisotopic (exact) mass is 284 g/mol. The predicted molar refractivity (Wildman–Crippen MR) is 65.9 cm³/mol. The largest absolute Gasteiger partial charge is 0.481 e. The second-order valence-electron chi connectivity index (χ2n) is 2.99. The summed E-state index contributed by atoms with van der Waals surface area (Å²) in [6, 6.07) is 5.60. The SMILES string of the molecule is C#CCOc1cc(CBr)cc(OCOC)c1. The van der Waals surface area contributed by atoms with E-state index in [1.54, 1.807) is 13.2 Å². The Kier molecular flexibility index (Phi) is 5.76. The van der Waals surface area contributed by atoms with Gasteiger partial charge in [0.05, 0.1) is 0 Å². The van der Waals surface area contributed by atoms with Gasteiger partial charge in [-0.1, -0.05) is 21.9 Å². The lowest BCUT2D eigenvalue weighted by Crippen LogP contribution is -2.00. The highest BCUT2D eigenvalue weighted by Crippen LogP contribution is 2.24. The molecule has 0 spiro atoms. The van der Waals surface area contributed by atoms with Crippen LogP contribution in [-0.2, 0) is 10.1 Å². The van der Waals surface area contributed by atoms with E-state index in [-0.39, 0.29) is 13.4 Å². The smallest absolute Gasteiger partial charge is 0.188 e.